The van der Waals surface area contributed by atoms with Gasteiger partial charge >= 0.3 is 0 Å². The average molecular weight is 371 g/mol. The van der Waals surface area contributed by atoms with Gasteiger partial charge in [-0.15, -0.1) is 0 Å². The molecular formula is C19H19ClN4O2. The zero-order valence-electron chi connectivity index (χ0n) is 14.6. The highest BCUT2D eigenvalue weighted by molar-refractivity contribution is 6.35. The van der Waals surface area contributed by atoms with Crippen molar-refractivity contribution in [3.05, 3.63) is 41.0 Å². The number of hydrogen-bond donors (Lipinski definition) is 2. The summed E-state index contributed by atoms with van der Waals surface area (Å²) in [6, 6.07) is 7.34. The molecule has 134 valence electrons. The molecule has 1 aliphatic rings. The Kier molecular flexibility index (Phi) is 3.88. The van der Waals surface area contributed by atoms with Gasteiger partial charge in [-0.3, -0.25) is 9.48 Å². The number of nitrogens with zero attached hydrogens (tertiary/aromatic N) is 3. The molecule has 2 aromatic heterocycles. The van der Waals surface area contributed by atoms with Gasteiger partial charge in [0.15, 0.2) is 0 Å². The first kappa shape index (κ1) is 16.8. The van der Waals surface area contributed by atoms with Crippen molar-refractivity contribution in [2.45, 2.75) is 25.2 Å². The number of carbonyl (C=O) groups excluding carboxylic acids is 1. The quantitative estimate of drug-likeness (QED) is 0.726. The van der Waals surface area contributed by atoms with Crippen LogP contribution in [0.4, 0.5) is 0 Å². The van der Waals surface area contributed by atoms with Crippen LogP contribution in [0.1, 0.15) is 25.3 Å². The monoisotopic (exact) mass is 370 g/mol. The Morgan fingerprint density at radius 3 is 2.88 bits per heavy atom. The van der Waals surface area contributed by atoms with Crippen LogP contribution in [0.2, 0.25) is 5.02 Å². The number of halogens is 1. The number of rotatable bonds is 2. The Morgan fingerprint density at radius 1 is 1.35 bits per heavy atom. The molecule has 3 aromatic rings. The zero-order valence-corrected chi connectivity index (χ0v) is 15.3. The Morgan fingerprint density at radius 2 is 2.15 bits per heavy atom. The Balaban J connectivity index is 1.79. The molecule has 0 spiro atoms. The number of pyridine rings is 1. The van der Waals surface area contributed by atoms with Crippen LogP contribution in [0.25, 0.3) is 22.2 Å². The lowest BCUT2D eigenvalue weighted by molar-refractivity contribution is -0.128. The summed E-state index contributed by atoms with van der Waals surface area (Å²) in [5, 5.41) is 19.1. The number of nitrogens with one attached hydrogen (secondary N) is 1. The van der Waals surface area contributed by atoms with E-state index in [1.165, 1.54) is 0 Å². The molecule has 1 fully saturated rings. The number of hydrogen-bond acceptors (Lipinski definition) is 4. The molecule has 0 saturated carbocycles. The number of amides is 1. The lowest BCUT2D eigenvalue weighted by Crippen LogP contribution is -2.47. The fourth-order valence-corrected chi connectivity index (χ4v) is 3.87. The molecule has 2 N–H and O–H groups in total. The molecule has 0 aliphatic carbocycles. The highest BCUT2D eigenvalue weighted by atomic mass is 35.5. The number of carbonyl (C=O) groups is 1. The third-order valence-corrected chi connectivity index (χ3v) is 5.53. The minimum atomic E-state index is -0.766. The summed E-state index contributed by atoms with van der Waals surface area (Å²) in [7, 11) is 1.85. The second-order valence-corrected chi connectivity index (χ2v) is 7.33. The standard InChI is InChI=1S/C19H19ClN4O2/c1-19(6-3-7-21-18(19)26)13-4-5-15(23-17(13)25)11-8-14(20)12-10-22-24(2)16(12)9-11/h4-5,8-10H,3,6-7H2,1-2H3,(H,21,26)(H,23,25). The number of aromatic hydroxyl groups is 1. The van der Waals surface area contributed by atoms with Crippen LogP contribution in [0.3, 0.4) is 0 Å². The molecule has 1 unspecified atom stereocenters. The van der Waals surface area contributed by atoms with Crippen LogP contribution in [0, 0.1) is 0 Å². The zero-order chi connectivity index (χ0) is 18.5. The number of aromatic nitrogens is 3. The fraction of sp³-hybridized carbons (Fsp3) is 0.316. The Bertz CT molecular complexity index is 1030. The van der Waals surface area contributed by atoms with Gasteiger partial charge in [0.2, 0.25) is 11.8 Å². The lowest BCUT2D eigenvalue weighted by atomic mass is 9.76. The van der Waals surface area contributed by atoms with Crippen molar-refractivity contribution in [2.75, 3.05) is 6.54 Å². The third kappa shape index (κ3) is 2.52. The number of piperidine rings is 1. The summed E-state index contributed by atoms with van der Waals surface area (Å²) >= 11 is 6.36. The molecule has 0 radical (unpaired) electrons. The minimum Gasteiger partial charge on any atom is -0.493 e. The lowest BCUT2D eigenvalue weighted by Gasteiger charge is -2.33. The van der Waals surface area contributed by atoms with Gasteiger partial charge in [0.1, 0.15) is 0 Å². The average Bonchev–Trinajstić information content (AvgIpc) is 2.99. The molecule has 6 nitrogen and oxygen atoms in total. The molecule has 7 heteroatoms. The summed E-state index contributed by atoms with van der Waals surface area (Å²) in [5.74, 6) is -0.198. The molecule has 3 heterocycles. The largest absolute Gasteiger partial charge is 0.493 e. The van der Waals surface area contributed by atoms with E-state index in [-0.39, 0.29) is 11.8 Å². The maximum Gasteiger partial charge on any atom is 0.230 e. The molecule has 1 aromatic carbocycles. The van der Waals surface area contributed by atoms with Crippen molar-refractivity contribution < 1.29 is 9.90 Å². The molecule has 1 aliphatic heterocycles. The van der Waals surface area contributed by atoms with Gasteiger partial charge in [-0.25, -0.2) is 4.98 Å². The number of benzene rings is 1. The van der Waals surface area contributed by atoms with E-state index in [1.807, 2.05) is 32.2 Å². The van der Waals surface area contributed by atoms with Crippen LogP contribution in [0.5, 0.6) is 5.88 Å². The van der Waals surface area contributed by atoms with Crippen LogP contribution < -0.4 is 5.32 Å². The summed E-state index contributed by atoms with van der Waals surface area (Å²) < 4.78 is 1.74. The minimum absolute atomic E-state index is 0.0760. The van der Waals surface area contributed by atoms with E-state index in [9.17, 15) is 9.90 Å². The summed E-state index contributed by atoms with van der Waals surface area (Å²) in [6.45, 7) is 2.51. The van der Waals surface area contributed by atoms with E-state index in [4.69, 9.17) is 11.6 Å². The van der Waals surface area contributed by atoms with Crippen molar-refractivity contribution in [3.63, 3.8) is 0 Å². The smallest absolute Gasteiger partial charge is 0.230 e. The van der Waals surface area contributed by atoms with Gasteiger partial charge < -0.3 is 10.4 Å². The summed E-state index contributed by atoms with van der Waals surface area (Å²) in [5.41, 5.74) is 2.04. The molecule has 4 rings (SSSR count). The van der Waals surface area contributed by atoms with Gasteiger partial charge in [-0.05, 0) is 38.0 Å². The fourth-order valence-electron chi connectivity index (χ4n) is 3.60. The van der Waals surface area contributed by atoms with Crippen LogP contribution in [0.15, 0.2) is 30.5 Å². The predicted octanol–water partition coefficient (Wildman–Crippen LogP) is 3.16. The van der Waals surface area contributed by atoms with E-state index in [1.54, 1.807) is 16.9 Å². The van der Waals surface area contributed by atoms with Gasteiger partial charge in [-0.1, -0.05) is 17.7 Å². The number of aryl methyl sites for hydroxylation is 1. The van der Waals surface area contributed by atoms with Crippen molar-refractivity contribution in [3.8, 4) is 17.1 Å². The van der Waals surface area contributed by atoms with E-state index in [2.05, 4.69) is 15.4 Å². The van der Waals surface area contributed by atoms with Gasteiger partial charge in [0, 0.05) is 30.1 Å². The van der Waals surface area contributed by atoms with Crippen molar-refractivity contribution >= 4 is 28.4 Å². The van der Waals surface area contributed by atoms with E-state index < -0.39 is 5.41 Å². The SMILES string of the molecule is Cn1ncc2c(Cl)cc(-c3ccc(C4(C)CCCNC4=O)c(O)n3)cc21. The maximum atomic E-state index is 12.3. The Hall–Kier alpha value is -2.60. The van der Waals surface area contributed by atoms with Crippen molar-refractivity contribution in [1.82, 2.24) is 20.1 Å². The van der Waals surface area contributed by atoms with Gasteiger partial charge in [0.05, 0.1) is 27.8 Å². The molecule has 1 atom stereocenters. The van der Waals surface area contributed by atoms with Gasteiger partial charge in [-0.2, -0.15) is 5.10 Å². The van der Waals surface area contributed by atoms with Crippen molar-refractivity contribution in [2.24, 2.45) is 7.05 Å². The highest BCUT2D eigenvalue weighted by Crippen LogP contribution is 2.38. The van der Waals surface area contributed by atoms with Crippen molar-refractivity contribution in [1.29, 1.82) is 0 Å². The van der Waals surface area contributed by atoms with E-state index in [0.717, 1.165) is 22.9 Å². The second-order valence-electron chi connectivity index (χ2n) is 6.92. The highest BCUT2D eigenvalue weighted by Gasteiger charge is 2.39. The molecular weight excluding hydrogens is 352 g/mol. The third-order valence-electron chi connectivity index (χ3n) is 5.22. The van der Waals surface area contributed by atoms with Gasteiger partial charge in [0.25, 0.3) is 0 Å². The molecule has 1 amide bonds. The predicted molar refractivity (Wildman–Crippen MR) is 100 cm³/mol. The first-order chi connectivity index (χ1) is 12.4. The Labute approximate surface area is 155 Å². The first-order valence-corrected chi connectivity index (χ1v) is 8.88. The molecule has 0 bridgehead atoms. The van der Waals surface area contributed by atoms with Crippen LogP contribution in [-0.2, 0) is 17.3 Å². The normalized spacial score (nSPS) is 20.3. The topological polar surface area (TPSA) is 80.0 Å². The molecule has 1 saturated heterocycles. The van der Waals surface area contributed by atoms with E-state index in [0.29, 0.717) is 29.2 Å². The summed E-state index contributed by atoms with van der Waals surface area (Å²) in [4.78, 5) is 16.7. The second kappa shape index (κ2) is 5.99. The van der Waals surface area contributed by atoms with E-state index >= 15 is 0 Å². The molecule has 26 heavy (non-hydrogen) atoms. The summed E-state index contributed by atoms with van der Waals surface area (Å²) in [6.07, 6.45) is 3.27. The van der Waals surface area contributed by atoms with Crippen LogP contribution in [-0.4, -0.2) is 32.3 Å². The number of fused-ring (bicyclic) bond motifs is 1. The van der Waals surface area contributed by atoms with Crippen LogP contribution >= 0.6 is 11.6 Å². The first-order valence-electron chi connectivity index (χ1n) is 8.50. The maximum absolute atomic E-state index is 12.3.